The third kappa shape index (κ3) is 5.69. The summed E-state index contributed by atoms with van der Waals surface area (Å²) in [6.45, 7) is 10.1. The van der Waals surface area contributed by atoms with E-state index in [1.165, 1.54) is 12.8 Å². The van der Waals surface area contributed by atoms with Gasteiger partial charge in [-0.05, 0) is 63.8 Å². The standard InChI is InChI=1S/C22H34N2O3/c1-15-6-5-7-21(12-15)27-18(4)22(25)23-19-8-10-20(11-9-19)24-13-16(2)26-17(3)14-24/h8-11,15-18,21H,5-7,12-14H2,1-4H3,(H,23,25). The van der Waals surface area contributed by atoms with Crippen LogP contribution in [0.25, 0.3) is 0 Å². The zero-order valence-corrected chi connectivity index (χ0v) is 17.1. The quantitative estimate of drug-likeness (QED) is 0.838. The van der Waals surface area contributed by atoms with E-state index in [-0.39, 0.29) is 24.2 Å². The number of hydrogen-bond acceptors (Lipinski definition) is 4. The summed E-state index contributed by atoms with van der Waals surface area (Å²) < 4.78 is 11.8. The van der Waals surface area contributed by atoms with Crippen molar-refractivity contribution in [1.29, 1.82) is 0 Å². The zero-order valence-electron chi connectivity index (χ0n) is 17.1. The number of morpholine rings is 1. The molecular weight excluding hydrogens is 340 g/mol. The maximum absolute atomic E-state index is 12.5. The lowest BCUT2D eigenvalue weighted by atomic mass is 9.88. The van der Waals surface area contributed by atoms with Gasteiger partial charge in [-0.1, -0.05) is 19.8 Å². The predicted octanol–water partition coefficient (Wildman–Crippen LogP) is 4.22. The average molecular weight is 375 g/mol. The second-order valence-electron chi connectivity index (χ2n) is 8.37. The summed E-state index contributed by atoms with van der Waals surface area (Å²) in [5, 5.41) is 2.98. The summed E-state index contributed by atoms with van der Waals surface area (Å²) in [5.41, 5.74) is 1.97. The fraction of sp³-hybridized carbons (Fsp3) is 0.682. The number of benzene rings is 1. The van der Waals surface area contributed by atoms with Gasteiger partial charge in [-0.25, -0.2) is 0 Å². The number of carbonyl (C=O) groups is 1. The molecule has 1 N–H and O–H groups in total. The van der Waals surface area contributed by atoms with Crippen LogP contribution in [-0.4, -0.2) is 43.4 Å². The van der Waals surface area contributed by atoms with Crippen LogP contribution in [0, 0.1) is 5.92 Å². The smallest absolute Gasteiger partial charge is 0.253 e. The van der Waals surface area contributed by atoms with E-state index >= 15 is 0 Å². The zero-order chi connectivity index (χ0) is 19.4. The molecule has 1 amide bonds. The summed E-state index contributed by atoms with van der Waals surface area (Å²) in [5.74, 6) is 0.617. The lowest BCUT2D eigenvalue weighted by Crippen LogP contribution is -2.45. The van der Waals surface area contributed by atoms with Crippen LogP contribution in [0.5, 0.6) is 0 Å². The molecule has 1 aliphatic carbocycles. The Hall–Kier alpha value is -1.59. The van der Waals surface area contributed by atoms with Gasteiger partial charge < -0.3 is 19.7 Å². The first kappa shape index (κ1) is 20.2. The molecule has 3 rings (SSSR count). The minimum absolute atomic E-state index is 0.0745. The lowest BCUT2D eigenvalue weighted by molar-refractivity contribution is -0.131. The van der Waals surface area contributed by atoms with Crippen molar-refractivity contribution in [3.05, 3.63) is 24.3 Å². The Morgan fingerprint density at radius 2 is 1.81 bits per heavy atom. The Labute approximate surface area is 163 Å². The van der Waals surface area contributed by atoms with E-state index in [9.17, 15) is 4.79 Å². The number of amides is 1. The third-order valence-electron chi connectivity index (χ3n) is 5.57. The van der Waals surface area contributed by atoms with Crippen LogP contribution in [0.1, 0.15) is 53.4 Å². The van der Waals surface area contributed by atoms with Crippen molar-refractivity contribution in [3.8, 4) is 0 Å². The van der Waals surface area contributed by atoms with Crippen molar-refractivity contribution >= 4 is 17.3 Å². The number of nitrogens with zero attached hydrogens (tertiary/aromatic N) is 1. The van der Waals surface area contributed by atoms with Gasteiger partial charge in [0.2, 0.25) is 0 Å². The highest BCUT2D eigenvalue weighted by atomic mass is 16.5. The van der Waals surface area contributed by atoms with Gasteiger partial charge in [0.05, 0.1) is 18.3 Å². The fourth-order valence-corrected chi connectivity index (χ4v) is 4.24. The molecule has 5 atom stereocenters. The van der Waals surface area contributed by atoms with E-state index in [4.69, 9.17) is 9.47 Å². The monoisotopic (exact) mass is 374 g/mol. The van der Waals surface area contributed by atoms with Crippen molar-refractivity contribution in [1.82, 2.24) is 0 Å². The van der Waals surface area contributed by atoms with Gasteiger partial charge >= 0.3 is 0 Å². The van der Waals surface area contributed by atoms with Crippen molar-refractivity contribution in [3.63, 3.8) is 0 Å². The van der Waals surface area contributed by atoms with Gasteiger partial charge in [-0.3, -0.25) is 4.79 Å². The minimum Gasteiger partial charge on any atom is -0.372 e. The largest absolute Gasteiger partial charge is 0.372 e. The Bertz CT molecular complexity index is 608. The van der Waals surface area contributed by atoms with E-state index in [1.807, 2.05) is 19.1 Å². The Kier molecular flexibility index (Phi) is 6.77. The lowest BCUT2D eigenvalue weighted by Gasteiger charge is -2.36. The summed E-state index contributed by atoms with van der Waals surface area (Å²) >= 11 is 0. The van der Waals surface area contributed by atoms with Crippen LogP contribution >= 0.6 is 0 Å². The van der Waals surface area contributed by atoms with E-state index in [0.29, 0.717) is 5.92 Å². The molecule has 5 heteroatoms. The molecular formula is C22H34N2O3. The van der Waals surface area contributed by atoms with Crippen LogP contribution in [0.2, 0.25) is 0 Å². The third-order valence-corrected chi connectivity index (χ3v) is 5.57. The average Bonchev–Trinajstić information content (AvgIpc) is 2.61. The topological polar surface area (TPSA) is 50.8 Å². The predicted molar refractivity (Wildman–Crippen MR) is 109 cm³/mol. The molecule has 0 radical (unpaired) electrons. The van der Waals surface area contributed by atoms with Gasteiger partial charge in [-0.2, -0.15) is 0 Å². The second kappa shape index (κ2) is 9.07. The van der Waals surface area contributed by atoms with Crippen LogP contribution in [0.4, 0.5) is 11.4 Å². The number of carbonyl (C=O) groups excluding carboxylic acids is 1. The highest BCUT2D eigenvalue weighted by molar-refractivity contribution is 5.94. The first-order valence-corrected chi connectivity index (χ1v) is 10.4. The molecule has 1 heterocycles. The minimum atomic E-state index is -0.430. The number of anilines is 2. The van der Waals surface area contributed by atoms with Gasteiger partial charge in [0.1, 0.15) is 6.10 Å². The van der Waals surface area contributed by atoms with Gasteiger partial charge in [0, 0.05) is 24.5 Å². The molecule has 0 bridgehead atoms. The molecule has 1 saturated carbocycles. The van der Waals surface area contributed by atoms with Crippen LogP contribution in [-0.2, 0) is 14.3 Å². The van der Waals surface area contributed by atoms with Crippen molar-refractivity contribution in [2.45, 2.75) is 77.8 Å². The maximum Gasteiger partial charge on any atom is 0.253 e. The second-order valence-corrected chi connectivity index (χ2v) is 8.37. The van der Waals surface area contributed by atoms with Gasteiger partial charge in [0.15, 0.2) is 0 Å². The van der Waals surface area contributed by atoms with E-state index in [2.05, 4.69) is 43.1 Å². The first-order valence-electron chi connectivity index (χ1n) is 10.4. The Morgan fingerprint density at radius 1 is 1.15 bits per heavy atom. The summed E-state index contributed by atoms with van der Waals surface area (Å²) in [6, 6.07) is 8.06. The highest BCUT2D eigenvalue weighted by Crippen LogP contribution is 2.27. The van der Waals surface area contributed by atoms with Crippen molar-refractivity contribution in [2.24, 2.45) is 5.92 Å². The van der Waals surface area contributed by atoms with E-state index in [1.54, 1.807) is 0 Å². The molecule has 2 fully saturated rings. The van der Waals surface area contributed by atoms with Crippen molar-refractivity contribution < 1.29 is 14.3 Å². The molecule has 1 aromatic rings. The molecule has 1 aliphatic heterocycles. The van der Waals surface area contributed by atoms with Crippen LogP contribution in [0.3, 0.4) is 0 Å². The summed E-state index contributed by atoms with van der Waals surface area (Å²) in [4.78, 5) is 14.8. The molecule has 2 aliphatic rings. The molecule has 0 spiro atoms. The number of nitrogens with one attached hydrogen (secondary N) is 1. The number of hydrogen-bond donors (Lipinski definition) is 1. The Balaban J connectivity index is 1.52. The summed E-state index contributed by atoms with van der Waals surface area (Å²) in [6.07, 6.45) is 4.83. The van der Waals surface area contributed by atoms with Gasteiger partial charge in [0.25, 0.3) is 5.91 Å². The first-order chi connectivity index (χ1) is 12.9. The van der Waals surface area contributed by atoms with Crippen LogP contribution in [0.15, 0.2) is 24.3 Å². The van der Waals surface area contributed by atoms with Crippen LogP contribution < -0.4 is 10.2 Å². The highest BCUT2D eigenvalue weighted by Gasteiger charge is 2.25. The SMILES string of the molecule is CC1CCCC(OC(C)C(=O)Nc2ccc(N3CC(C)OC(C)C3)cc2)C1. The molecule has 5 nitrogen and oxygen atoms in total. The molecule has 0 aromatic heterocycles. The molecule has 5 unspecified atom stereocenters. The molecule has 1 saturated heterocycles. The Morgan fingerprint density at radius 3 is 2.44 bits per heavy atom. The number of rotatable bonds is 5. The van der Waals surface area contributed by atoms with E-state index in [0.717, 1.165) is 37.3 Å². The molecule has 150 valence electrons. The molecule has 27 heavy (non-hydrogen) atoms. The fourth-order valence-electron chi connectivity index (χ4n) is 4.24. The summed E-state index contributed by atoms with van der Waals surface area (Å²) in [7, 11) is 0. The van der Waals surface area contributed by atoms with Crippen molar-refractivity contribution in [2.75, 3.05) is 23.3 Å². The normalized spacial score (nSPS) is 30.0. The van der Waals surface area contributed by atoms with E-state index < -0.39 is 6.10 Å². The van der Waals surface area contributed by atoms with Gasteiger partial charge in [-0.15, -0.1) is 0 Å². The maximum atomic E-state index is 12.5. The number of ether oxygens (including phenoxy) is 2. The molecule has 1 aromatic carbocycles.